The standard InChI is InChI=1S/C23H26N2O3/c26-18-5-1-3-15(11-18)12-21(28)25-14-20(17-4-2-6-19(27)13-17)23-22(25)16-7-9-24(23)10-8-16/h1-6,11,13,16,20,22-23,26-27H,7-10,12,14H2/t20-,22+,23+/m1/s1. The van der Waals surface area contributed by atoms with Crippen LogP contribution >= 0.6 is 0 Å². The molecule has 5 heteroatoms. The van der Waals surface area contributed by atoms with Crippen molar-refractivity contribution in [2.45, 2.75) is 37.3 Å². The predicted octanol–water partition coefficient (Wildman–Crippen LogP) is 2.73. The summed E-state index contributed by atoms with van der Waals surface area (Å²) in [4.78, 5) is 17.9. The van der Waals surface area contributed by atoms with E-state index >= 15 is 0 Å². The Bertz CT molecular complexity index is 891. The molecule has 0 spiro atoms. The van der Waals surface area contributed by atoms with Crippen LogP contribution < -0.4 is 0 Å². The Kier molecular flexibility index (Phi) is 4.27. The van der Waals surface area contributed by atoms with Crippen LogP contribution in [0.1, 0.15) is 29.9 Å². The van der Waals surface area contributed by atoms with Crippen molar-refractivity contribution in [1.82, 2.24) is 9.80 Å². The van der Waals surface area contributed by atoms with Gasteiger partial charge in [-0.05, 0) is 67.2 Å². The number of carbonyl (C=O) groups is 1. The zero-order chi connectivity index (χ0) is 19.3. The van der Waals surface area contributed by atoms with E-state index in [0.717, 1.165) is 37.1 Å². The second kappa shape index (κ2) is 6.82. The van der Waals surface area contributed by atoms with Gasteiger partial charge in [0.05, 0.1) is 12.5 Å². The van der Waals surface area contributed by atoms with Gasteiger partial charge in [-0.25, -0.2) is 0 Å². The average molecular weight is 378 g/mol. The molecular weight excluding hydrogens is 352 g/mol. The van der Waals surface area contributed by atoms with Crippen molar-refractivity contribution in [3.8, 4) is 11.5 Å². The molecule has 0 radical (unpaired) electrons. The van der Waals surface area contributed by atoms with Gasteiger partial charge in [0.25, 0.3) is 0 Å². The van der Waals surface area contributed by atoms with Gasteiger partial charge in [-0.2, -0.15) is 0 Å². The van der Waals surface area contributed by atoms with Crippen LogP contribution in [0.5, 0.6) is 11.5 Å². The molecule has 28 heavy (non-hydrogen) atoms. The van der Waals surface area contributed by atoms with E-state index in [1.807, 2.05) is 18.2 Å². The highest BCUT2D eigenvalue weighted by Crippen LogP contribution is 2.47. The van der Waals surface area contributed by atoms with E-state index in [1.165, 1.54) is 0 Å². The van der Waals surface area contributed by atoms with Crippen molar-refractivity contribution in [3.63, 3.8) is 0 Å². The number of fused-ring (bicyclic) bond motifs is 2. The van der Waals surface area contributed by atoms with Crippen LogP contribution in [0.4, 0.5) is 0 Å². The van der Waals surface area contributed by atoms with Crippen molar-refractivity contribution >= 4 is 5.91 Å². The molecule has 2 aromatic carbocycles. The summed E-state index contributed by atoms with van der Waals surface area (Å²) in [6.45, 7) is 2.91. The summed E-state index contributed by atoms with van der Waals surface area (Å²) in [6, 6.07) is 15.1. The summed E-state index contributed by atoms with van der Waals surface area (Å²) in [5.41, 5.74) is 1.97. The molecular formula is C23H26N2O3. The fourth-order valence-corrected chi connectivity index (χ4v) is 5.70. The molecule has 4 heterocycles. The van der Waals surface area contributed by atoms with E-state index in [4.69, 9.17) is 0 Å². The van der Waals surface area contributed by atoms with Gasteiger partial charge in [-0.3, -0.25) is 9.69 Å². The Balaban J connectivity index is 1.45. The van der Waals surface area contributed by atoms with Crippen molar-refractivity contribution in [1.29, 1.82) is 0 Å². The fraction of sp³-hybridized carbons (Fsp3) is 0.435. The monoisotopic (exact) mass is 378 g/mol. The lowest BCUT2D eigenvalue weighted by Gasteiger charge is -2.51. The van der Waals surface area contributed by atoms with Crippen LogP contribution in [-0.2, 0) is 11.2 Å². The highest BCUT2D eigenvalue weighted by Gasteiger charge is 2.54. The van der Waals surface area contributed by atoms with Crippen molar-refractivity contribution in [2.24, 2.45) is 5.92 Å². The lowest BCUT2D eigenvalue weighted by atomic mass is 9.75. The molecule has 3 atom stereocenters. The molecule has 5 nitrogen and oxygen atoms in total. The topological polar surface area (TPSA) is 64.0 Å². The van der Waals surface area contributed by atoms with Gasteiger partial charge in [0.15, 0.2) is 0 Å². The molecule has 0 aliphatic carbocycles. The minimum absolute atomic E-state index is 0.136. The number of hydrogen-bond donors (Lipinski definition) is 2. The van der Waals surface area contributed by atoms with Crippen LogP contribution in [0.3, 0.4) is 0 Å². The van der Waals surface area contributed by atoms with Gasteiger partial charge in [0, 0.05) is 18.5 Å². The normalized spacial score (nSPS) is 31.0. The van der Waals surface area contributed by atoms with Gasteiger partial charge < -0.3 is 15.1 Å². The number of piperidine rings is 3. The summed E-state index contributed by atoms with van der Waals surface area (Å²) in [7, 11) is 0. The van der Waals surface area contributed by atoms with Crippen molar-refractivity contribution in [3.05, 3.63) is 59.7 Å². The first-order chi connectivity index (χ1) is 13.6. The van der Waals surface area contributed by atoms with Crippen LogP contribution in [0.2, 0.25) is 0 Å². The molecule has 0 saturated carbocycles. The van der Waals surface area contributed by atoms with Gasteiger partial charge in [0.2, 0.25) is 5.91 Å². The molecule has 2 bridgehead atoms. The number of likely N-dealkylation sites (tertiary alicyclic amines) is 1. The maximum absolute atomic E-state index is 13.3. The first-order valence-electron chi connectivity index (χ1n) is 10.2. The third-order valence-electron chi connectivity index (χ3n) is 6.88. The fourth-order valence-electron chi connectivity index (χ4n) is 5.70. The lowest BCUT2D eigenvalue weighted by Crippen LogP contribution is -2.60. The number of nitrogens with zero attached hydrogens (tertiary/aromatic N) is 2. The van der Waals surface area contributed by atoms with Crippen LogP contribution in [0, 0.1) is 5.92 Å². The second-order valence-electron chi connectivity index (χ2n) is 8.45. The molecule has 4 aliphatic heterocycles. The molecule has 6 rings (SSSR count). The average Bonchev–Trinajstić information content (AvgIpc) is 3.12. The Morgan fingerprint density at radius 1 is 0.964 bits per heavy atom. The molecule has 4 saturated heterocycles. The second-order valence-corrected chi connectivity index (χ2v) is 8.45. The summed E-state index contributed by atoms with van der Waals surface area (Å²) in [6.07, 6.45) is 2.63. The minimum Gasteiger partial charge on any atom is -0.508 e. The maximum Gasteiger partial charge on any atom is 0.227 e. The zero-order valence-electron chi connectivity index (χ0n) is 15.9. The highest BCUT2D eigenvalue weighted by molar-refractivity contribution is 5.80. The summed E-state index contributed by atoms with van der Waals surface area (Å²) < 4.78 is 0. The van der Waals surface area contributed by atoms with E-state index in [-0.39, 0.29) is 29.4 Å². The van der Waals surface area contributed by atoms with E-state index in [1.54, 1.807) is 24.3 Å². The molecule has 0 aromatic heterocycles. The Hall–Kier alpha value is -2.53. The zero-order valence-corrected chi connectivity index (χ0v) is 15.9. The van der Waals surface area contributed by atoms with E-state index in [0.29, 0.717) is 24.9 Å². The van der Waals surface area contributed by atoms with Crippen LogP contribution in [0.25, 0.3) is 0 Å². The minimum atomic E-state index is 0.136. The molecule has 4 aliphatic rings. The first kappa shape index (κ1) is 17.6. The van der Waals surface area contributed by atoms with Gasteiger partial charge in [-0.1, -0.05) is 24.3 Å². The first-order valence-corrected chi connectivity index (χ1v) is 10.2. The quantitative estimate of drug-likeness (QED) is 0.862. The number of amides is 1. The predicted molar refractivity (Wildman–Crippen MR) is 106 cm³/mol. The van der Waals surface area contributed by atoms with Gasteiger partial charge >= 0.3 is 0 Å². The number of benzene rings is 2. The Morgan fingerprint density at radius 3 is 2.39 bits per heavy atom. The SMILES string of the molecule is O=C(Cc1cccc(O)c1)N1C[C@H](c2cccc(O)c2)[C@H]2[C@@H]1C1CCN2CC1. The summed E-state index contributed by atoms with van der Waals surface area (Å²) in [5, 5.41) is 19.7. The van der Waals surface area contributed by atoms with Crippen LogP contribution in [0.15, 0.2) is 48.5 Å². The number of rotatable bonds is 3. The van der Waals surface area contributed by atoms with E-state index in [9.17, 15) is 15.0 Å². The van der Waals surface area contributed by atoms with Crippen molar-refractivity contribution < 1.29 is 15.0 Å². The van der Waals surface area contributed by atoms with Crippen LogP contribution in [-0.4, -0.2) is 57.6 Å². The van der Waals surface area contributed by atoms with E-state index < -0.39 is 0 Å². The highest BCUT2D eigenvalue weighted by atomic mass is 16.3. The number of hydrogen-bond acceptors (Lipinski definition) is 4. The van der Waals surface area contributed by atoms with Gasteiger partial charge in [0.1, 0.15) is 11.5 Å². The smallest absolute Gasteiger partial charge is 0.227 e. The number of phenolic OH excluding ortho intramolecular Hbond substituents is 2. The number of aromatic hydroxyl groups is 2. The molecule has 1 amide bonds. The molecule has 0 unspecified atom stereocenters. The third kappa shape index (κ3) is 2.94. The van der Waals surface area contributed by atoms with Gasteiger partial charge in [-0.15, -0.1) is 0 Å². The molecule has 2 N–H and O–H groups in total. The van der Waals surface area contributed by atoms with E-state index in [2.05, 4.69) is 15.9 Å². The largest absolute Gasteiger partial charge is 0.508 e. The Morgan fingerprint density at radius 2 is 1.68 bits per heavy atom. The third-order valence-corrected chi connectivity index (χ3v) is 6.88. The maximum atomic E-state index is 13.3. The summed E-state index contributed by atoms with van der Waals surface area (Å²) in [5.74, 6) is 1.41. The molecule has 4 fully saturated rings. The summed E-state index contributed by atoms with van der Waals surface area (Å²) >= 11 is 0. The molecule has 146 valence electrons. The number of carbonyl (C=O) groups excluding carboxylic acids is 1. The number of phenols is 2. The lowest BCUT2D eigenvalue weighted by molar-refractivity contribution is -0.135. The molecule has 2 aromatic rings. The van der Waals surface area contributed by atoms with Crippen molar-refractivity contribution in [2.75, 3.05) is 19.6 Å². The Labute approximate surface area is 165 Å².